The van der Waals surface area contributed by atoms with Crippen LogP contribution in [0.1, 0.15) is 66.7 Å². The van der Waals surface area contributed by atoms with Gasteiger partial charge in [-0.1, -0.05) is 47.1 Å². The number of likely N-dealkylation sites (tertiary alicyclic amines) is 1. The van der Waals surface area contributed by atoms with E-state index in [0.29, 0.717) is 29.9 Å². The van der Waals surface area contributed by atoms with E-state index in [2.05, 4.69) is 32.2 Å². The van der Waals surface area contributed by atoms with Crippen molar-refractivity contribution in [1.29, 1.82) is 0 Å². The van der Waals surface area contributed by atoms with Crippen LogP contribution < -0.4 is 30.1 Å². The average molecular weight is 771 g/mol. The lowest BCUT2D eigenvalue weighted by molar-refractivity contribution is -0.142. The summed E-state index contributed by atoms with van der Waals surface area (Å²) in [5.41, 5.74) is -2.36. The monoisotopic (exact) mass is 770 g/mol. The molecule has 54 heavy (non-hydrogen) atoms. The standard InChI is InChI=1S/C38H54N6O9S/c1-9-22(3)29(21-51-7)40-36(48)41-31(37(4,5)6)34(46)44-20-26(53-33-28-14-11-25(52-8)17-23(28)15-16-39-33)18-30(44)32(45)42-38(19-24(38)10-2)35(47)43-54(49,50)27-12-13-27/h10-11,14-17,22,24,26-27,29-31H,2,9,12-13,18-21H2,1,3-8H3,(H,42,45)(H,43,47)(H2,40,41,48)/t22-,24+,26+,29+,30-,31+,38+/m0/s1. The van der Waals surface area contributed by atoms with Crippen LogP contribution in [0.15, 0.2) is 43.1 Å². The van der Waals surface area contributed by atoms with E-state index in [9.17, 15) is 27.6 Å². The van der Waals surface area contributed by atoms with Gasteiger partial charge in [0.1, 0.15) is 29.5 Å². The Bertz CT molecular complexity index is 1860. The van der Waals surface area contributed by atoms with Gasteiger partial charge in [0.2, 0.25) is 27.7 Å². The van der Waals surface area contributed by atoms with Crippen LogP contribution in [0.2, 0.25) is 0 Å². The molecule has 7 atom stereocenters. The van der Waals surface area contributed by atoms with Crippen molar-refractivity contribution in [3.05, 3.63) is 43.1 Å². The first-order valence-electron chi connectivity index (χ1n) is 18.4. The Kier molecular flexibility index (Phi) is 12.2. The minimum absolute atomic E-state index is 0.0234. The Morgan fingerprint density at radius 2 is 1.85 bits per heavy atom. The summed E-state index contributed by atoms with van der Waals surface area (Å²) >= 11 is 0. The zero-order chi connectivity index (χ0) is 39.6. The van der Waals surface area contributed by atoms with Gasteiger partial charge in [0, 0.05) is 31.0 Å². The first-order chi connectivity index (χ1) is 25.5. The van der Waals surface area contributed by atoms with E-state index in [4.69, 9.17) is 14.2 Å². The molecule has 296 valence electrons. The molecule has 0 bridgehead atoms. The molecule has 4 N–H and O–H groups in total. The van der Waals surface area contributed by atoms with Crippen LogP contribution in [0.3, 0.4) is 0 Å². The number of benzene rings is 1. The summed E-state index contributed by atoms with van der Waals surface area (Å²) in [4.78, 5) is 61.7. The van der Waals surface area contributed by atoms with Gasteiger partial charge in [0.15, 0.2) is 0 Å². The topological polar surface area (TPSA) is 194 Å². The highest BCUT2D eigenvalue weighted by Crippen LogP contribution is 2.45. The minimum atomic E-state index is -3.90. The van der Waals surface area contributed by atoms with E-state index < -0.39 is 74.1 Å². The summed E-state index contributed by atoms with van der Waals surface area (Å²) in [6.45, 7) is 13.4. The Labute approximate surface area is 317 Å². The summed E-state index contributed by atoms with van der Waals surface area (Å²) < 4.78 is 44.7. The molecule has 0 unspecified atom stereocenters. The number of ether oxygens (including phenoxy) is 3. The van der Waals surface area contributed by atoms with Gasteiger partial charge < -0.3 is 35.1 Å². The summed E-state index contributed by atoms with van der Waals surface area (Å²) in [7, 11) is -0.781. The first-order valence-corrected chi connectivity index (χ1v) is 20.0. The van der Waals surface area contributed by atoms with Crippen LogP contribution in [0, 0.1) is 17.3 Å². The predicted molar refractivity (Wildman–Crippen MR) is 202 cm³/mol. The number of aromatic nitrogens is 1. The van der Waals surface area contributed by atoms with Crippen molar-refractivity contribution in [1.82, 2.24) is 30.6 Å². The second-order valence-corrected chi connectivity index (χ2v) is 17.7. The molecule has 1 aromatic heterocycles. The molecule has 2 aromatic rings. The molecule has 0 radical (unpaired) electrons. The van der Waals surface area contributed by atoms with Crippen LogP contribution in [0.5, 0.6) is 11.6 Å². The van der Waals surface area contributed by atoms with Gasteiger partial charge in [0.05, 0.1) is 31.6 Å². The number of hydrogen-bond donors (Lipinski definition) is 4. The first kappa shape index (κ1) is 40.7. The molecule has 2 heterocycles. The van der Waals surface area contributed by atoms with Gasteiger partial charge in [0.25, 0.3) is 5.91 Å². The predicted octanol–water partition coefficient (Wildman–Crippen LogP) is 3.04. The van der Waals surface area contributed by atoms with Crippen LogP contribution in [0.4, 0.5) is 4.79 Å². The number of methoxy groups -OCH3 is 2. The molecule has 2 aliphatic carbocycles. The number of pyridine rings is 1. The highest BCUT2D eigenvalue weighted by atomic mass is 32.2. The maximum Gasteiger partial charge on any atom is 0.315 e. The molecule has 1 aliphatic heterocycles. The fourth-order valence-electron chi connectivity index (χ4n) is 6.87. The summed E-state index contributed by atoms with van der Waals surface area (Å²) in [5, 5.41) is 9.46. The lowest BCUT2D eigenvalue weighted by Crippen LogP contribution is -2.61. The van der Waals surface area contributed by atoms with Crippen molar-refractivity contribution < 1.29 is 41.8 Å². The van der Waals surface area contributed by atoms with Crippen molar-refractivity contribution in [3.63, 3.8) is 0 Å². The number of carbonyl (C=O) groups excluding carboxylic acids is 4. The Morgan fingerprint density at radius 1 is 1.13 bits per heavy atom. The molecule has 5 rings (SSSR count). The smallest absolute Gasteiger partial charge is 0.315 e. The second-order valence-electron chi connectivity index (χ2n) is 15.7. The van der Waals surface area contributed by atoms with E-state index in [0.717, 1.165) is 11.8 Å². The van der Waals surface area contributed by atoms with Gasteiger partial charge in [-0.15, -0.1) is 6.58 Å². The summed E-state index contributed by atoms with van der Waals surface area (Å²) in [6, 6.07) is 4.14. The molecule has 1 aromatic carbocycles. The number of carbonyl (C=O) groups is 4. The molecule has 2 saturated carbocycles. The molecular weight excluding hydrogens is 717 g/mol. The molecule has 0 spiro atoms. The van der Waals surface area contributed by atoms with Crippen molar-refractivity contribution in [2.75, 3.05) is 27.4 Å². The normalized spacial score (nSPS) is 24.1. The van der Waals surface area contributed by atoms with Crippen molar-refractivity contribution in [3.8, 4) is 11.6 Å². The van der Waals surface area contributed by atoms with Crippen molar-refractivity contribution >= 4 is 44.5 Å². The molecule has 3 aliphatic rings. The number of amides is 5. The third-order valence-corrected chi connectivity index (χ3v) is 12.5. The Balaban J connectivity index is 1.43. The van der Waals surface area contributed by atoms with Crippen molar-refractivity contribution in [2.24, 2.45) is 17.3 Å². The molecule has 1 saturated heterocycles. The fourth-order valence-corrected chi connectivity index (χ4v) is 8.23. The SMILES string of the molecule is C=C[C@@H]1C[C@]1(NC(=O)[C@@H]1C[C@@H](Oc2nccc3cc(OC)ccc23)CN1C(=O)[C@@H](NC(=O)N[C@H](COC)[C@@H](C)CC)C(C)(C)C)C(=O)NS(=O)(=O)C1CC1. The summed E-state index contributed by atoms with van der Waals surface area (Å²) in [6.07, 6.45) is 4.25. The lowest BCUT2D eigenvalue weighted by atomic mass is 9.85. The summed E-state index contributed by atoms with van der Waals surface area (Å²) in [5.74, 6) is -1.52. The molecule has 5 amide bonds. The van der Waals surface area contributed by atoms with Gasteiger partial charge in [-0.25, -0.2) is 18.2 Å². The zero-order valence-electron chi connectivity index (χ0n) is 32.1. The van der Waals surface area contributed by atoms with E-state index in [-0.39, 0.29) is 38.0 Å². The number of rotatable bonds is 16. The fraction of sp³-hybridized carbons (Fsp3) is 0.605. The highest BCUT2D eigenvalue weighted by molar-refractivity contribution is 7.91. The maximum atomic E-state index is 14.6. The highest BCUT2D eigenvalue weighted by Gasteiger charge is 2.62. The zero-order valence-corrected chi connectivity index (χ0v) is 33.0. The van der Waals surface area contributed by atoms with Crippen LogP contribution >= 0.6 is 0 Å². The number of hydrogen-bond acceptors (Lipinski definition) is 10. The van der Waals surface area contributed by atoms with Gasteiger partial charge in [-0.05, 0) is 60.2 Å². The van der Waals surface area contributed by atoms with E-state index in [1.807, 2.05) is 52.8 Å². The molecule has 3 fully saturated rings. The van der Waals surface area contributed by atoms with Crippen molar-refractivity contribution in [2.45, 2.75) is 102 Å². The number of nitrogens with zero attached hydrogens (tertiary/aromatic N) is 2. The molecular formula is C38H54N6O9S. The van der Waals surface area contributed by atoms with E-state index in [1.165, 1.54) is 11.0 Å². The molecule has 16 heteroatoms. The number of fused-ring (bicyclic) bond motifs is 1. The minimum Gasteiger partial charge on any atom is -0.497 e. The quantitative estimate of drug-likeness (QED) is 0.185. The Hall–Kier alpha value is -4.44. The van der Waals surface area contributed by atoms with E-state index >= 15 is 0 Å². The van der Waals surface area contributed by atoms with Crippen LogP contribution in [-0.2, 0) is 29.1 Å². The maximum absolute atomic E-state index is 14.6. The van der Waals surface area contributed by atoms with Gasteiger partial charge in [-0.2, -0.15) is 0 Å². The number of sulfonamides is 1. The van der Waals surface area contributed by atoms with Crippen LogP contribution in [0.25, 0.3) is 10.8 Å². The Morgan fingerprint density at radius 3 is 2.44 bits per heavy atom. The van der Waals surface area contributed by atoms with E-state index in [1.54, 1.807) is 26.5 Å². The third-order valence-electron chi connectivity index (χ3n) is 10.7. The van der Waals surface area contributed by atoms with Gasteiger partial charge >= 0.3 is 6.03 Å². The number of urea groups is 1. The molecule has 15 nitrogen and oxygen atoms in total. The van der Waals surface area contributed by atoms with Crippen LogP contribution in [-0.4, -0.2) is 104 Å². The number of nitrogens with one attached hydrogen (secondary N) is 4. The second kappa shape index (κ2) is 16.1. The third kappa shape index (κ3) is 8.91. The average Bonchev–Trinajstić information content (AvgIpc) is 4.06. The largest absolute Gasteiger partial charge is 0.497 e. The lowest BCUT2D eigenvalue weighted by Gasteiger charge is -2.36. The van der Waals surface area contributed by atoms with Gasteiger partial charge in [-0.3, -0.25) is 19.1 Å².